The molecule has 1 rings (SSSR count). The maximum atomic E-state index is 2.39. The molecular weight excluding hydrogens is 132 g/mol. The second kappa shape index (κ2) is 4.13. The Hall–Kier alpha value is 0. The van der Waals surface area contributed by atoms with E-state index in [1.807, 2.05) is 0 Å². The van der Waals surface area contributed by atoms with Gasteiger partial charge in [-0.2, -0.15) is 0 Å². The third kappa shape index (κ3) is 2.21. The normalized spacial score (nSPS) is 32.7. The molecule has 0 nitrogen and oxygen atoms in total. The molecule has 1 aliphatic carbocycles. The Labute approximate surface area is 71.4 Å². The van der Waals surface area contributed by atoms with Crippen molar-refractivity contribution >= 4 is 0 Å². The van der Waals surface area contributed by atoms with Crippen LogP contribution in [0.2, 0.25) is 0 Å². The average Bonchev–Trinajstić information content (AvgIpc) is 2.04. The van der Waals surface area contributed by atoms with Crippen LogP contribution in [-0.4, -0.2) is 0 Å². The van der Waals surface area contributed by atoms with Gasteiger partial charge in [-0.1, -0.05) is 46.5 Å². The van der Waals surface area contributed by atoms with Crippen molar-refractivity contribution in [2.45, 2.75) is 52.9 Å². The third-order valence-electron chi connectivity index (χ3n) is 3.35. The predicted molar refractivity (Wildman–Crippen MR) is 50.6 cm³/mol. The predicted octanol–water partition coefficient (Wildman–Crippen LogP) is 3.86. The summed E-state index contributed by atoms with van der Waals surface area (Å²) >= 11 is 0. The van der Waals surface area contributed by atoms with Gasteiger partial charge in [0.25, 0.3) is 0 Å². The van der Waals surface area contributed by atoms with E-state index >= 15 is 0 Å². The van der Waals surface area contributed by atoms with Crippen LogP contribution >= 0.6 is 0 Å². The maximum Gasteiger partial charge on any atom is -0.0363 e. The maximum absolute atomic E-state index is 2.39. The molecule has 0 spiro atoms. The van der Waals surface area contributed by atoms with Gasteiger partial charge in [0.1, 0.15) is 0 Å². The summed E-state index contributed by atoms with van der Waals surface area (Å²) in [6.07, 6.45) is 7.37. The molecule has 66 valence electrons. The van der Waals surface area contributed by atoms with Crippen LogP contribution in [0, 0.1) is 17.8 Å². The largest absolute Gasteiger partial charge is 0.0651 e. The summed E-state index contributed by atoms with van der Waals surface area (Å²) in [4.78, 5) is 0. The first-order chi connectivity index (χ1) is 5.25. The summed E-state index contributed by atoms with van der Waals surface area (Å²) in [5.41, 5.74) is 0. The molecular formula is C11H22. The van der Waals surface area contributed by atoms with E-state index in [-0.39, 0.29) is 0 Å². The zero-order chi connectivity index (χ0) is 8.27. The molecule has 0 saturated heterocycles. The fraction of sp³-hybridized carbons (Fsp3) is 1.00. The molecule has 0 bridgehead atoms. The van der Waals surface area contributed by atoms with E-state index in [0.29, 0.717) is 0 Å². The summed E-state index contributed by atoms with van der Waals surface area (Å²) in [7, 11) is 0. The van der Waals surface area contributed by atoms with Crippen molar-refractivity contribution in [1.82, 2.24) is 0 Å². The lowest BCUT2D eigenvalue weighted by molar-refractivity contribution is 0.175. The molecule has 0 amide bonds. The Morgan fingerprint density at radius 3 is 2.27 bits per heavy atom. The second-order valence-corrected chi connectivity index (χ2v) is 4.36. The van der Waals surface area contributed by atoms with Crippen molar-refractivity contribution in [3.05, 3.63) is 0 Å². The van der Waals surface area contributed by atoms with Crippen LogP contribution in [0.15, 0.2) is 0 Å². The van der Waals surface area contributed by atoms with E-state index in [1.54, 1.807) is 0 Å². The molecule has 2 atom stereocenters. The highest BCUT2D eigenvalue weighted by Crippen LogP contribution is 2.36. The summed E-state index contributed by atoms with van der Waals surface area (Å²) in [5, 5.41) is 0. The lowest BCUT2D eigenvalue weighted by atomic mass is 9.72. The van der Waals surface area contributed by atoms with Crippen molar-refractivity contribution in [2.75, 3.05) is 0 Å². The summed E-state index contributed by atoms with van der Waals surface area (Å²) in [6, 6.07) is 0. The lowest BCUT2D eigenvalue weighted by Gasteiger charge is -2.33. The minimum Gasteiger partial charge on any atom is -0.0651 e. The molecule has 11 heavy (non-hydrogen) atoms. The Bertz CT molecular complexity index is 105. The van der Waals surface area contributed by atoms with Gasteiger partial charge in [-0.3, -0.25) is 0 Å². The van der Waals surface area contributed by atoms with Crippen LogP contribution in [0.25, 0.3) is 0 Å². The van der Waals surface area contributed by atoms with E-state index in [9.17, 15) is 0 Å². The Morgan fingerprint density at radius 2 is 1.82 bits per heavy atom. The highest BCUT2D eigenvalue weighted by molar-refractivity contribution is 4.76. The van der Waals surface area contributed by atoms with Gasteiger partial charge in [0, 0.05) is 0 Å². The molecule has 1 fully saturated rings. The zero-order valence-electron chi connectivity index (χ0n) is 8.27. The average molecular weight is 154 g/mol. The fourth-order valence-electron chi connectivity index (χ4n) is 2.62. The first-order valence-electron chi connectivity index (χ1n) is 5.25. The Morgan fingerprint density at radius 1 is 1.18 bits per heavy atom. The van der Waals surface area contributed by atoms with Crippen molar-refractivity contribution in [3.63, 3.8) is 0 Å². The highest BCUT2D eigenvalue weighted by Gasteiger charge is 2.25. The Balaban J connectivity index is 2.44. The highest BCUT2D eigenvalue weighted by atomic mass is 14.3. The van der Waals surface area contributed by atoms with Gasteiger partial charge in [0.05, 0.1) is 0 Å². The molecule has 0 aromatic heterocycles. The molecule has 0 aliphatic heterocycles. The molecule has 1 aliphatic rings. The summed E-state index contributed by atoms with van der Waals surface area (Å²) in [6.45, 7) is 7.13. The van der Waals surface area contributed by atoms with E-state index < -0.39 is 0 Å². The molecule has 1 saturated carbocycles. The molecule has 0 N–H and O–H groups in total. The van der Waals surface area contributed by atoms with E-state index in [2.05, 4.69) is 20.8 Å². The fourth-order valence-corrected chi connectivity index (χ4v) is 2.62. The molecule has 0 radical (unpaired) electrons. The van der Waals surface area contributed by atoms with Gasteiger partial charge in [0.2, 0.25) is 0 Å². The lowest BCUT2D eigenvalue weighted by Crippen LogP contribution is -2.23. The van der Waals surface area contributed by atoms with Gasteiger partial charge < -0.3 is 0 Å². The third-order valence-corrected chi connectivity index (χ3v) is 3.35. The van der Waals surface area contributed by atoms with Crippen LogP contribution in [0.3, 0.4) is 0 Å². The second-order valence-electron chi connectivity index (χ2n) is 4.36. The summed E-state index contributed by atoms with van der Waals surface area (Å²) < 4.78 is 0. The van der Waals surface area contributed by atoms with Crippen LogP contribution in [0.5, 0.6) is 0 Å². The molecule has 0 heterocycles. The minimum atomic E-state index is 0.917. The van der Waals surface area contributed by atoms with E-state index in [4.69, 9.17) is 0 Å². The monoisotopic (exact) mass is 154 g/mol. The van der Waals surface area contributed by atoms with Crippen molar-refractivity contribution in [2.24, 2.45) is 17.8 Å². The standard InChI is InChI=1S/C11H22/c1-4-10-7-5-6-8-11(10)9(2)3/h9-11H,4-8H2,1-3H3/t10-,11?/m0/s1. The van der Waals surface area contributed by atoms with E-state index in [1.165, 1.54) is 32.1 Å². The number of rotatable bonds is 2. The first kappa shape index (κ1) is 9.09. The first-order valence-corrected chi connectivity index (χ1v) is 5.25. The van der Waals surface area contributed by atoms with Gasteiger partial charge in [0.15, 0.2) is 0 Å². The molecule has 0 aromatic carbocycles. The zero-order valence-corrected chi connectivity index (χ0v) is 8.27. The quantitative estimate of drug-likeness (QED) is 0.566. The molecule has 0 heteroatoms. The van der Waals surface area contributed by atoms with Gasteiger partial charge in [-0.15, -0.1) is 0 Å². The van der Waals surface area contributed by atoms with Gasteiger partial charge in [-0.05, 0) is 24.2 Å². The molecule has 0 aromatic rings. The van der Waals surface area contributed by atoms with Crippen LogP contribution in [0.1, 0.15) is 52.9 Å². The minimum absolute atomic E-state index is 0.917. The van der Waals surface area contributed by atoms with Crippen molar-refractivity contribution < 1.29 is 0 Å². The SMILES string of the molecule is CC[C@H]1CCCCC1C(C)C. The van der Waals surface area contributed by atoms with Crippen LogP contribution < -0.4 is 0 Å². The van der Waals surface area contributed by atoms with Gasteiger partial charge in [-0.25, -0.2) is 0 Å². The summed E-state index contributed by atoms with van der Waals surface area (Å²) in [5.74, 6) is 3.00. The van der Waals surface area contributed by atoms with E-state index in [0.717, 1.165) is 17.8 Å². The number of hydrogen-bond donors (Lipinski definition) is 0. The van der Waals surface area contributed by atoms with Crippen molar-refractivity contribution in [1.29, 1.82) is 0 Å². The Kier molecular flexibility index (Phi) is 3.42. The topological polar surface area (TPSA) is 0 Å². The molecule has 1 unspecified atom stereocenters. The van der Waals surface area contributed by atoms with Gasteiger partial charge >= 0.3 is 0 Å². The van der Waals surface area contributed by atoms with Crippen LogP contribution in [0.4, 0.5) is 0 Å². The smallest absolute Gasteiger partial charge is 0.0363 e. The van der Waals surface area contributed by atoms with Crippen molar-refractivity contribution in [3.8, 4) is 0 Å². The van der Waals surface area contributed by atoms with Crippen LogP contribution in [-0.2, 0) is 0 Å². The number of hydrogen-bond acceptors (Lipinski definition) is 0.